The number of pyridine rings is 1. The number of hydrogen-bond acceptors (Lipinski definition) is 4. The lowest BCUT2D eigenvalue weighted by atomic mass is 9.93. The molecule has 0 amide bonds. The summed E-state index contributed by atoms with van der Waals surface area (Å²) in [7, 11) is 1.67. The summed E-state index contributed by atoms with van der Waals surface area (Å²) >= 11 is 0. The maximum absolute atomic E-state index is 11.3. The predicted molar refractivity (Wildman–Crippen MR) is 100 cm³/mol. The largest absolute Gasteiger partial charge is 0.497 e. The monoisotopic (exact) mass is 354 g/mol. The smallest absolute Gasteiger partial charge is 0.306 e. The number of aliphatic carboxylic acids is 1. The molecule has 1 fully saturated rings. The number of likely N-dealkylation sites (tertiary alicyclic amines) is 1. The number of aromatic nitrogens is 1. The van der Waals surface area contributed by atoms with Crippen molar-refractivity contribution in [2.75, 3.05) is 20.2 Å². The highest BCUT2D eigenvalue weighted by Crippen LogP contribution is 2.33. The molecule has 1 unspecified atom stereocenters. The summed E-state index contributed by atoms with van der Waals surface area (Å²) in [5.74, 6) is -0.112. The Morgan fingerprint density at radius 2 is 2.08 bits per heavy atom. The molecule has 1 aliphatic rings. The van der Waals surface area contributed by atoms with Crippen molar-refractivity contribution in [3.8, 4) is 5.75 Å². The molecule has 1 aromatic heterocycles. The number of carboxylic acid groups (broad SMARTS) is 1. The summed E-state index contributed by atoms with van der Waals surface area (Å²) < 4.78 is 5.40. The number of carbonyl (C=O) groups is 1. The molecule has 0 saturated carbocycles. The average molecular weight is 354 g/mol. The Morgan fingerprint density at radius 1 is 1.31 bits per heavy atom. The van der Waals surface area contributed by atoms with Gasteiger partial charge in [0.15, 0.2) is 0 Å². The molecule has 1 N–H and O–H groups in total. The molecule has 2 aromatic rings. The van der Waals surface area contributed by atoms with Crippen LogP contribution in [0.25, 0.3) is 0 Å². The number of ether oxygens (including phenoxy) is 1. The highest BCUT2D eigenvalue weighted by molar-refractivity contribution is 5.70. The molecule has 0 radical (unpaired) electrons. The molecule has 1 aromatic carbocycles. The van der Waals surface area contributed by atoms with Crippen LogP contribution in [0.2, 0.25) is 0 Å². The number of benzene rings is 1. The van der Waals surface area contributed by atoms with Crippen LogP contribution in [0.5, 0.6) is 5.75 Å². The lowest BCUT2D eigenvalue weighted by Crippen LogP contribution is -2.39. The first kappa shape index (κ1) is 18.4. The van der Waals surface area contributed by atoms with Gasteiger partial charge in [0.05, 0.1) is 24.8 Å². The second-order valence-electron chi connectivity index (χ2n) is 6.77. The number of methoxy groups -OCH3 is 1. The first-order chi connectivity index (χ1) is 12.6. The number of aryl methyl sites for hydroxylation is 1. The van der Waals surface area contributed by atoms with Gasteiger partial charge in [0.25, 0.3) is 0 Å². The van der Waals surface area contributed by atoms with Gasteiger partial charge in [-0.15, -0.1) is 0 Å². The number of hydrogen-bond donors (Lipinski definition) is 1. The van der Waals surface area contributed by atoms with Gasteiger partial charge < -0.3 is 9.84 Å². The van der Waals surface area contributed by atoms with Gasteiger partial charge in [-0.05, 0) is 61.7 Å². The van der Waals surface area contributed by atoms with Crippen LogP contribution < -0.4 is 4.74 Å². The Balaban J connectivity index is 1.92. The Morgan fingerprint density at radius 3 is 2.65 bits per heavy atom. The van der Waals surface area contributed by atoms with Crippen LogP contribution in [-0.2, 0) is 11.2 Å². The molecular formula is C21H26N2O3. The van der Waals surface area contributed by atoms with E-state index in [1.54, 1.807) is 7.11 Å². The molecule has 2 heterocycles. The molecule has 1 saturated heterocycles. The second-order valence-corrected chi connectivity index (χ2v) is 6.77. The van der Waals surface area contributed by atoms with Crippen molar-refractivity contribution in [2.24, 2.45) is 5.92 Å². The fourth-order valence-corrected chi connectivity index (χ4v) is 3.59. The molecule has 3 rings (SSSR count). The van der Waals surface area contributed by atoms with Gasteiger partial charge in [-0.2, -0.15) is 0 Å². The van der Waals surface area contributed by atoms with E-state index in [0.29, 0.717) is 12.8 Å². The Hall–Kier alpha value is -2.40. The summed E-state index contributed by atoms with van der Waals surface area (Å²) in [5, 5.41) is 9.28. The van der Waals surface area contributed by atoms with E-state index < -0.39 is 5.97 Å². The highest BCUT2D eigenvalue weighted by atomic mass is 16.5. The van der Waals surface area contributed by atoms with Crippen LogP contribution in [0.3, 0.4) is 0 Å². The van der Waals surface area contributed by atoms with Crippen molar-refractivity contribution >= 4 is 5.97 Å². The quantitative estimate of drug-likeness (QED) is 0.860. The van der Waals surface area contributed by atoms with Crippen molar-refractivity contribution in [1.82, 2.24) is 9.88 Å². The summed E-state index contributed by atoms with van der Waals surface area (Å²) in [5.41, 5.74) is 3.32. The van der Waals surface area contributed by atoms with Crippen molar-refractivity contribution in [1.29, 1.82) is 0 Å². The molecule has 1 atom stereocenters. The minimum absolute atomic E-state index is 0.00533. The second kappa shape index (κ2) is 8.32. The zero-order chi connectivity index (χ0) is 18.5. The highest BCUT2D eigenvalue weighted by Gasteiger charge is 2.31. The third-order valence-electron chi connectivity index (χ3n) is 5.19. The lowest BCUT2D eigenvalue weighted by Gasteiger charge is -2.36. The molecule has 1 aliphatic heterocycles. The first-order valence-corrected chi connectivity index (χ1v) is 9.18. The topological polar surface area (TPSA) is 62.7 Å². The summed E-state index contributed by atoms with van der Waals surface area (Å²) in [6.07, 6.45) is 4.24. The molecule has 0 bridgehead atoms. The van der Waals surface area contributed by atoms with Crippen LogP contribution >= 0.6 is 0 Å². The van der Waals surface area contributed by atoms with E-state index in [1.807, 2.05) is 24.4 Å². The molecule has 5 heteroatoms. The van der Waals surface area contributed by atoms with Gasteiger partial charge in [0.2, 0.25) is 0 Å². The molecule has 138 valence electrons. The van der Waals surface area contributed by atoms with E-state index in [2.05, 4.69) is 30.0 Å². The summed E-state index contributed by atoms with van der Waals surface area (Å²) in [6.45, 7) is 3.61. The van der Waals surface area contributed by atoms with Gasteiger partial charge in [0.1, 0.15) is 5.75 Å². The fourth-order valence-electron chi connectivity index (χ4n) is 3.59. The van der Waals surface area contributed by atoms with Crippen LogP contribution in [0.15, 0.2) is 42.6 Å². The van der Waals surface area contributed by atoms with Crippen molar-refractivity contribution in [3.05, 3.63) is 59.4 Å². The molecule has 5 nitrogen and oxygen atoms in total. The summed E-state index contributed by atoms with van der Waals surface area (Å²) in [6, 6.07) is 12.3. The maximum Gasteiger partial charge on any atom is 0.306 e. The van der Waals surface area contributed by atoms with Crippen LogP contribution in [0.4, 0.5) is 0 Å². The van der Waals surface area contributed by atoms with Crippen LogP contribution in [-0.4, -0.2) is 41.2 Å². The molecular weight excluding hydrogens is 328 g/mol. The van der Waals surface area contributed by atoms with E-state index >= 15 is 0 Å². The standard InChI is InChI=1S/C21H26N2O3/c1-3-15-7-8-19(22-14-15)20(17-5-4-6-18(13-17)26-2)23-11-9-16(10-12-23)21(24)25/h4-8,13-14,16,20H,3,9-12H2,1-2H3,(H,24,25). The number of carboxylic acids is 1. The van der Waals surface area contributed by atoms with Crippen molar-refractivity contribution in [3.63, 3.8) is 0 Å². The van der Waals surface area contributed by atoms with Gasteiger partial charge in [-0.3, -0.25) is 14.7 Å². The van der Waals surface area contributed by atoms with Crippen molar-refractivity contribution < 1.29 is 14.6 Å². The number of piperidine rings is 1. The Labute approximate surface area is 154 Å². The third kappa shape index (κ3) is 4.05. The summed E-state index contributed by atoms with van der Waals surface area (Å²) in [4.78, 5) is 18.3. The number of rotatable bonds is 6. The van der Waals surface area contributed by atoms with Crippen LogP contribution in [0, 0.1) is 5.92 Å². The van der Waals surface area contributed by atoms with Gasteiger partial charge in [0, 0.05) is 6.20 Å². The normalized spacial score (nSPS) is 17.0. The van der Waals surface area contributed by atoms with E-state index in [4.69, 9.17) is 9.72 Å². The van der Waals surface area contributed by atoms with Crippen LogP contribution in [0.1, 0.15) is 42.6 Å². The van der Waals surface area contributed by atoms with Gasteiger partial charge in [-0.1, -0.05) is 25.1 Å². The number of nitrogens with zero attached hydrogens (tertiary/aromatic N) is 2. The average Bonchev–Trinajstić information content (AvgIpc) is 2.69. The molecule has 0 aliphatic carbocycles. The SMILES string of the molecule is CCc1ccc(C(c2cccc(OC)c2)N2CCC(C(=O)O)CC2)nc1. The maximum atomic E-state index is 11.3. The first-order valence-electron chi connectivity index (χ1n) is 9.18. The fraction of sp³-hybridized carbons (Fsp3) is 0.429. The molecule has 0 spiro atoms. The van der Waals surface area contributed by atoms with E-state index in [0.717, 1.165) is 36.5 Å². The predicted octanol–water partition coefficient (Wildman–Crippen LogP) is 3.54. The van der Waals surface area contributed by atoms with Gasteiger partial charge >= 0.3 is 5.97 Å². The van der Waals surface area contributed by atoms with Crippen molar-refractivity contribution in [2.45, 2.75) is 32.2 Å². The lowest BCUT2D eigenvalue weighted by molar-refractivity contribution is -0.143. The zero-order valence-corrected chi connectivity index (χ0v) is 15.4. The van der Waals surface area contributed by atoms with E-state index in [1.165, 1.54) is 5.56 Å². The third-order valence-corrected chi connectivity index (χ3v) is 5.19. The molecule has 26 heavy (non-hydrogen) atoms. The Kier molecular flexibility index (Phi) is 5.89. The Bertz CT molecular complexity index is 737. The zero-order valence-electron chi connectivity index (χ0n) is 15.4. The minimum atomic E-state index is -0.687. The minimum Gasteiger partial charge on any atom is -0.497 e. The van der Waals surface area contributed by atoms with E-state index in [9.17, 15) is 9.90 Å². The van der Waals surface area contributed by atoms with Gasteiger partial charge in [-0.25, -0.2) is 0 Å². The van der Waals surface area contributed by atoms with E-state index in [-0.39, 0.29) is 12.0 Å².